The van der Waals surface area contributed by atoms with Crippen LogP contribution in [0.5, 0.6) is 0 Å². The smallest absolute Gasteiger partial charge is 0.265 e. The van der Waals surface area contributed by atoms with E-state index in [4.69, 9.17) is 11.6 Å². The van der Waals surface area contributed by atoms with Crippen molar-refractivity contribution in [2.24, 2.45) is 0 Å². The number of hydrogen-bond acceptors (Lipinski definition) is 3. The Morgan fingerprint density at radius 3 is 2.94 bits per heavy atom. The number of H-pyrrole nitrogens is 1. The first-order valence-corrected chi connectivity index (χ1v) is 6.70. The number of thiophene rings is 1. The maximum absolute atomic E-state index is 11.6. The Morgan fingerprint density at radius 2 is 2.38 bits per heavy atom. The van der Waals surface area contributed by atoms with E-state index in [1.165, 1.54) is 11.3 Å². The van der Waals surface area contributed by atoms with Gasteiger partial charge in [-0.05, 0) is 28.4 Å². The summed E-state index contributed by atoms with van der Waals surface area (Å²) < 4.78 is 0.501. The fraction of sp³-hybridized carbons (Fsp3) is 0.200. The van der Waals surface area contributed by atoms with E-state index in [0.29, 0.717) is 21.7 Å². The molecule has 0 amide bonds. The maximum atomic E-state index is 11.6. The molecule has 0 aliphatic carbocycles. The molecule has 0 spiro atoms. The van der Waals surface area contributed by atoms with Crippen molar-refractivity contribution in [3.05, 3.63) is 37.0 Å². The van der Waals surface area contributed by atoms with Crippen LogP contribution in [-0.2, 0) is 6.42 Å². The molecule has 0 unspecified atom stereocenters. The van der Waals surface area contributed by atoms with Gasteiger partial charge in [0.15, 0.2) is 5.82 Å². The van der Waals surface area contributed by atoms with Crippen LogP contribution in [0, 0.1) is 0 Å². The highest BCUT2D eigenvalue weighted by Gasteiger charge is 2.10. The summed E-state index contributed by atoms with van der Waals surface area (Å²) in [5, 5.41) is 2.47. The third kappa shape index (κ3) is 2.21. The lowest BCUT2D eigenvalue weighted by Gasteiger charge is -2.02. The Bertz CT molecular complexity index is 578. The molecule has 16 heavy (non-hydrogen) atoms. The molecule has 0 aliphatic heterocycles. The highest BCUT2D eigenvalue weighted by Crippen LogP contribution is 2.27. The molecular weight excluding hydrogens is 312 g/mol. The number of aryl methyl sites for hydroxylation is 1. The lowest BCUT2D eigenvalue weighted by atomic mass is 10.3. The third-order valence-corrected chi connectivity index (χ3v) is 4.17. The van der Waals surface area contributed by atoms with Crippen molar-refractivity contribution in [2.75, 3.05) is 0 Å². The van der Waals surface area contributed by atoms with Crippen LogP contribution >= 0.6 is 38.9 Å². The van der Waals surface area contributed by atoms with Crippen molar-refractivity contribution in [1.82, 2.24) is 9.97 Å². The van der Waals surface area contributed by atoms with Crippen molar-refractivity contribution >= 4 is 38.9 Å². The summed E-state index contributed by atoms with van der Waals surface area (Å²) in [6, 6.07) is 1.79. The molecule has 84 valence electrons. The molecule has 2 aromatic rings. The standard InChI is InChI=1S/C10H8BrClN2OS/c1-2-6-8(11)10(15)14-9(13-6)7-3-5(12)4-16-7/h3-4H,2H2,1H3,(H,13,14,15). The number of rotatable bonds is 2. The van der Waals surface area contributed by atoms with Gasteiger partial charge in [0.1, 0.15) is 4.47 Å². The fourth-order valence-corrected chi connectivity index (χ4v) is 2.78. The third-order valence-electron chi connectivity index (χ3n) is 2.07. The van der Waals surface area contributed by atoms with Crippen LogP contribution in [0.3, 0.4) is 0 Å². The Kier molecular flexibility index (Phi) is 3.47. The molecule has 0 bridgehead atoms. The van der Waals surface area contributed by atoms with Crippen molar-refractivity contribution in [3.63, 3.8) is 0 Å². The van der Waals surface area contributed by atoms with Gasteiger partial charge in [0, 0.05) is 5.38 Å². The summed E-state index contributed by atoms with van der Waals surface area (Å²) in [5.74, 6) is 0.571. The number of hydrogen-bond donors (Lipinski definition) is 1. The molecule has 6 heteroatoms. The van der Waals surface area contributed by atoms with Crippen LogP contribution in [0.4, 0.5) is 0 Å². The zero-order chi connectivity index (χ0) is 11.7. The Labute approximate surface area is 110 Å². The average molecular weight is 320 g/mol. The van der Waals surface area contributed by atoms with Crippen molar-refractivity contribution in [2.45, 2.75) is 13.3 Å². The summed E-state index contributed by atoms with van der Waals surface area (Å²) in [7, 11) is 0. The molecule has 0 radical (unpaired) electrons. The quantitative estimate of drug-likeness (QED) is 0.921. The van der Waals surface area contributed by atoms with Gasteiger partial charge in [-0.25, -0.2) is 4.98 Å². The summed E-state index contributed by atoms with van der Waals surface area (Å²) in [5.41, 5.74) is 0.592. The van der Waals surface area contributed by atoms with Gasteiger partial charge in [-0.3, -0.25) is 4.79 Å². The average Bonchev–Trinajstić information content (AvgIpc) is 2.69. The predicted octanol–water partition coefficient (Wildman–Crippen LogP) is 3.48. The zero-order valence-electron chi connectivity index (χ0n) is 8.38. The summed E-state index contributed by atoms with van der Waals surface area (Å²) in [6.45, 7) is 1.96. The molecule has 2 heterocycles. The molecular formula is C10H8BrClN2OS. The monoisotopic (exact) mass is 318 g/mol. The van der Waals surface area contributed by atoms with E-state index in [9.17, 15) is 4.79 Å². The van der Waals surface area contributed by atoms with Gasteiger partial charge < -0.3 is 4.98 Å². The molecule has 2 rings (SSSR count). The van der Waals surface area contributed by atoms with Crippen LogP contribution in [0.1, 0.15) is 12.6 Å². The molecule has 0 saturated heterocycles. The van der Waals surface area contributed by atoms with Crippen molar-refractivity contribution in [1.29, 1.82) is 0 Å². The van der Waals surface area contributed by atoms with E-state index in [0.717, 1.165) is 10.6 Å². The van der Waals surface area contributed by atoms with Crippen LogP contribution in [0.2, 0.25) is 5.02 Å². The van der Waals surface area contributed by atoms with Gasteiger partial charge in [-0.15, -0.1) is 11.3 Å². The van der Waals surface area contributed by atoms with Crippen LogP contribution in [0.15, 0.2) is 20.7 Å². The Hall–Kier alpha value is -0.650. The molecule has 0 aliphatic rings. The van der Waals surface area contributed by atoms with E-state index in [1.807, 2.05) is 12.3 Å². The van der Waals surface area contributed by atoms with E-state index >= 15 is 0 Å². The van der Waals surface area contributed by atoms with Gasteiger partial charge in [0.2, 0.25) is 0 Å². The zero-order valence-corrected chi connectivity index (χ0v) is 11.5. The van der Waals surface area contributed by atoms with E-state index < -0.39 is 0 Å². The highest BCUT2D eigenvalue weighted by atomic mass is 79.9. The van der Waals surface area contributed by atoms with Gasteiger partial charge in [0.25, 0.3) is 5.56 Å². The molecule has 3 nitrogen and oxygen atoms in total. The van der Waals surface area contributed by atoms with E-state index in [2.05, 4.69) is 25.9 Å². The molecule has 2 aromatic heterocycles. The highest BCUT2D eigenvalue weighted by molar-refractivity contribution is 9.10. The molecule has 0 aromatic carbocycles. The van der Waals surface area contributed by atoms with E-state index in [1.54, 1.807) is 6.07 Å². The minimum atomic E-state index is -0.161. The van der Waals surface area contributed by atoms with Crippen molar-refractivity contribution < 1.29 is 0 Å². The Balaban J connectivity index is 2.59. The Morgan fingerprint density at radius 1 is 1.62 bits per heavy atom. The maximum Gasteiger partial charge on any atom is 0.265 e. The summed E-state index contributed by atoms with van der Waals surface area (Å²) in [4.78, 5) is 19.6. The first kappa shape index (κ1) is 11.8. The second-order valence-electron chi connectivity index (χ2n) is 3.16. The summed E-state index contributed by atoms with van der Waals surface area (Å²) >= 11 is 10.5. The van der Waals surface area contributed by atoms with E-state index in [-0.39, 0.29) is 5.56 Å². The van der Waals surface area contributed by atoms with Crippen LogP contribution < -0.4 is 5.56 Å². The second kappa shape index (κ2) is 4.69. The molecule has 1 N–H and O–H groups in total. The molecule has 0 fully saturated rings. The second-order valence-corrected chi connectivity index (χ2v) is 5.30. The number of nitrogens with zero attached hydrogens (tertiary/aromatic N) is 1. The van der Waals surface area contributed by atoms with Gasteiger partial charge in [0.05, 0.1) is 15.6 Å². The SMILES string of the molecule is CCc1nc(-c2cc(Cl)cs2)[nH]c(=O)c1Br. The van der Waals surface area contributed by atoms with Crippen molar-refractivity contribution in [3.8, 4) is 10.7 Å². The van der Waals surface area contributed by atoms with Gasteiger partial charge in [-0.2, -0.15) is 0 Å². The lowest BCUT2D eigenvalue weighted by molar-refractivity contribution is 0.973. The van der Waals surface area contributed by atoms with Gasteiger partial charge >= 0.3 is 0 Å². The number of aromatic nitrogens is 2. The normalized spacial score (nSPS) is 10.7. The molecule has 0 saturated carbocycles. The number of halogens is 2. The van der Waals surface area contributed by atoms with Gasteiger partial charge in [-0.1, -0.05) is 18.5 Å². The first-order chi connectivity index (χ1) is 7.61. The largest absolute Gasteiger partial charge is 0.305 e. The minimum absolute atomic E-state index is 0.161. The lowest BCUT2D eigenvalue weighted by Crippen LogP contribution is -2.12. The fourth-order valence-electron chi connectivity index (χ4n) is 1.29. The predicted molar refractivity (Wildman–Crippen MR) is 70.3 cm³/mol. The topological polar surface area (TPSA) is 45.8 Å². The minimum Gasteiger partial charge on any atom is -0.305 e. The number of nitrogens with one attached hydrogen (secondary N) is 1. The molecule has 0 atom stereocenters. The first-order valence-electron chi connectivity index (χ1n) is 4.65. The van der Waals surface area contributed by atoms with Crippen LogP contribution in [0.25, 0.3) is 10.7 Å². The van der Waals surface area contributed by atoms with Crippen LogP contribution in [-0.4, -0.2) is 9.97 Å². The summed E-state index contributed by atoms with van der Waals surface area (Å²) in [6.07, 6.45) is 0.705. The number of aromatic amines is 1.